The molecule has 1 amide bonds. The fourth-order valence-corrected chi connectivity index (χ4v) is 4.92. The fraction of sp³-hybridized carbons (Fsp3) is 0.174. The third-order valence-electron chi connectivity index (χ3n) is 4.85. The SMILES string of the molecule is Cc1ccc(Cn2c(C(=O)N(C)Cc3ccccc3)cc3sc(Br)cc32)cc1. The predicted molar refractivity (Wildman–Crippen MR) is 120 cm³/mol. The Kier molecular flexibility index (Phi) is 5.38. The van der Waals surface area contributed by atoms with Crippen molar-refractivity contribution in [2.75, 3.05) is 7.05 Å². The minimum absolute atomic E-state index is 0.0375. The van der Waals surface area contributed by atoms with Crippen LogP contribution in [0.1, 0.15) is 27.2 Å². The third-order valence-corrected chi connectivity index (χ3v) is 6.42. The van der Waals surface area contributed by atoms with Gasteiger partial charge in [0.15, 0.2) is 0 Å². The predicted octanol–water partition coefficient (Wildman–Crippen LogP) is 6.09. The van der Waals surface area contributed by atoms with E-state index >= 15 is 0 Å². The second kappa shape index (κ2) is 7.94. The van der Waals surface area contributed by atoms with Crippen LogP contribution in [-0.4, -0.2) is 22.4 Å². The van der Waals surface area contributed by atoms with Crippen molar-refractivity contribution in [3.05, 3.63) is 92.9 Å². The maximum atomic E-state index is 13.3. The summed E-state index contributed by atoms with van der Waals surface area (Å²) in [6.07, 6.45) is 0. The molecular weight excluding hydrogens is 432 g/mol. The van der Waals surface area contributed by atoms with Crippen LogP contribution in [0.3, 0.4) is 0 Å². The molecule has 4 aromatic rings. The molecule has 0 atom stereocenters. The Morgan fingerprint density at radius 3 is 2.46 bits per heavy atom. The number of nitrogens with zero attached hydrogens (tertiary/aromatic N) is 2. The number of fused-ring (bicyclic) bond motifs is 1. The van der Waals surface area contributed by atoms with Gasteiger partial charge >= 0.3 is 0 Å². The number of hydrogen-bond donors (Lipinski definition) is 0. The van der Waals surface area contributed by atoms with Crippen molar-refractivity contribution in [3.63, 3.8) is 0 Å². The molecule has 0 N–H and O–H groups in total. The lowest BCUT2D eigenvalue weighted by molar-refractivity contribution is 0.0775. The third kappa shape index (κ3) is 3.91. The molecule has 0 aliphatic carbocycles. The highest BCUT2D eigenvalue weighted by molar-refractivity contribution is 9.11. The van der Waals surface area contributed by atoms with Crippen molar-refractivity contribution in [2.24, 2.45) is 0 Å². The van der Waals surface area contributed by atoms with Gasteiger partial charge in [-0.2, -0.15) is 0 Å². The molecule has 2 aromatic heterocycles. The number of thiophene rings is 1. The van der Waals surface area contributed by atoms with Crippen LogP contribution < -0.4 is 0 Å². The zero-order chi connectivity index (χ0) is 19.7. The molecule has 0 saturated heterocycles. The number of aryl methyl sites for hydroxylation is 1. The lowest BCUT2D eigenvalue weighted by Crippen LogP contribution is -2.28. The van der Waals surface area contributed by atoms with E-state index in [1.165, 1.54) is 11.1 Å². The van der Waals surface area contributed by atoms with Gasteiger partial charge in [0.05, 0.1) is 14.0 Å². The minimum atomic E-state index is 0.0375. The summed E-state index contributed by atoms with van der Waals surface area (Å²) >= 11 is 5.24. The first-order valence-corrected chi connectivity index (χ1v) is 10.8. The van der Waals surface area contributed by atoms with Gasteiger partial charge in [-0.15, -0.1) is 11.3 Å². The fourth-order valence-electron chi connectivity index (χ4n) is 3.36. The maximum Gasteiger partial charge on any atom is 0.270 e. The Morgan fingerprint density at radius 2 is 1.75 bits per heavy atom. The maximum absolute atomic E-state index is 13.3. The van der Waals surface area contributed by atoms with Gasteiger partial charge in [0.1, 0.15) is 5.69 Å². The van der Waals surface area contributed by atoms with Gasteiger partial charge in [0.2, 0.25) is 0 Å². The van der Waals surface area contributed by atoms with Gasteiger partial charge in [-0.05, 0) is 46.1 Å². The Morgan fingerprint density at radius 1 is 1.04 bits per heavy atom. The molecule has 0 fully saturated rings. The highest BCUT2D eigenvalue weighted by atomic mass is 79.9. The molecule has 0 spiro atoms. The molecule has 0 unspecified atom stereocenters. The molecular formula is C23H21BrN2OS. The molecule has 0 bridgehead atoms. The summed E-state index contributed by atoms with van der Waals surface area (Å²) in [7, 11) is 1.86. The summed E-state index contributed by atoms with van der Waals surface area (Å²) in [5.74, 6) is 0.0375. The van der Waals surface area contributed by atoms with E-state index in [1.807, 2.05) is 43.4 Å². The van der Waals surface area contributed by atoms with Crippen molar-refractivity contribution in [1.82, 2.24) is 9.47 Å². The van der Waals surface area contributed by atoms with Crippen LogP contribution in [0.4, 0.5) is 0 Å². The number of benzene rings is 2. The summed E-state index contributed by atoms with van der Waals surface area (Å²) in [6.45, 7) is 3.35. The molecule has 0 radical (unpaired) electrons. The van der Waals surface area contributed by atoms with Crippen molar-refractivity contribution >= 4 is 43.4 Å². The van der Waals surface area contributed by atoms with E-state index < -0.39 is 0 Å². The standard InChI is InChI=1S/C23H21BrN2OS/c1-16-8-10-18(11-9-16)15-26-19-13-22(24)28-21(19)12-20(26)23(27)25(2)14-17-6-4-3-5-7-17/h3-13H,14-15H2,1-2H3. The Hall–Kier alpha value is -2.37. The highest BCUT2D eigenvalue weighted by Gasteiger charge is 2.21. The van der Waals surface area contributed by atoms with Crippen molar-refractivity contribution < 1.29 is 4.79 Å². The normalized spacial score (nSPS) is 11.1. The van der Waals surface area contributed by atoms with Crippen LogP contribution in [0.5, 0.6) is 0 Å². The zero-order valence-electron chi connectivity index (χ0n) is 15.9. The van der Waals surface area contributed by atoms with Gasteiger partial charge in [0.25, 0.3) is 5.91 Å². The average Bonchev–Trinajstić information content (AvgIpc) is 3.20. The number of carbonyl (C=O) groups excluding carboxylic acids is 1. The molecule has 0 saturated carbocycles. The summed E-state index contributed by atoms with van der Waals surface area (Å²) in [5, 5.41) is 0. The molecule has 2 heterocycles. The average molecular weight is 453 g/mol. The molecule has 0 aliphatic heterocycles. The van der Waals surface area contributed by atoms with E-state index in [0.717, 1.165) is 25.3 Å². The quantitative estimate of drug-likeness (QED) is 0.359. The number of amides is 1. The Bertz CT molecular complexity index is 1110. The first-order valence-electron chi connectivity index (χ1n) is 9.15. The van der Waals surface area contributed by atoms with Crippen molar-refractivity contribution in [2.45, 2.75) is 20.0 Å². The molecule has 28 heavy (non-hydrogen) atoms. The first-order chi connectivity index (χ1) is 13.5. The summed E-state index contributed by atoms with van der Waals surface area (Å²) in [6, 6.07) is 22.7. The second-order valence-electron chi connectivity index (χ2n) is 7.05. The summed E-state index contributed by atoms with van der Waals surface area (Å²) in [5.41, 5.74) is 5.37. The molecule has 4 rings (SSSR count). The molecule has 2 aromatic carbocycles. The molecule has 5 heteroatoms. The van der Waals surface area contributed by atoms with E-state index in [1.54, 1.807) is 16.2 Å². The topological polar surface area (TPSA) is 25.2 Å². The second-order valence-corrected chi connectivity index (χ2v) is 9.51. The summed E-state index contributed by atoms with van der Waals surface area (Å²) < 4.78 is 4.33. The van der Waals surface area contributed by atoms with Crippen LogP contribution in [0.2, 0.25) is 0 Å². The minimum Gasteiger partial charge on any atom is -0.336 e. The summed E-state index contributed by atoms with van der Waals surface area (Å²) in [4.78, 5) is 15.1. The van der Waals surface area contributed by atoms with E-state index in [9.17, 15) is 4.79 Å². The lowest BCUT2D eigenvalue weighted by Gasteiger charge is -2.19. The number of carbonyl (C=O) groups is 1. The molecule has 3 nitrogen and oxygen atoms in total. The number of aromatic nitrogens is 1. The van der Waals surface area contributed by atoms with E-state index in [0.29, 0.717) is 13.1 Å². The Balaban J connectivity index is 1.68. The van der Waals surface area contributed by atoms with Gasteiger partial charge < -0.3 is 9.47 Å². The van der Waals surface area contributed by atoms with E-state index in [2.05, 4.69) is 57.8 Å². The number of rotatable bonds is 5. The molecule has 142 valence electrons. The molecule has 0 aliphatic rings. The van der Waals surface area contributed by atoms with Crippen LogP contribution in [0.25, 0.3) is 10.2 Å². The Labute approximate surface area is 177 Å². The zero-order valence-corrected chi connectivity index (χ0v) is 18.3. The monoisotopic (exact) mass is 452 g/mol. The van der Waals surface area contributed by atoms with Gasteiger partial charge in [0, 0.05) is 20.1 Å². The van der Waals surface area contributed by atoms with Gasteiger partial charge in [-0.1, -0.05) is 60.2 Å². The van der Waals surface area contributed by atoms with Gasteiger partial charge in [-0.3, -0.25) is 4.79 Å². The highest BCUT2D eigenvalue weighted by Crippen LogP contribution is 2.33. The smallest absolute Gasteiger partial charge is 0.270 e. The van der Waals surface area contributed by atoms with Crippen molar-refractivity contribution in [3.8, 4) is 0 Å². The number of hydrogen-bond acceptors (Lipinski definition) is 2. The van der Waals surface area contributed by atoms with E-state index in [-0.39, 0.29) is 5.91 Å². The van der Waals surface area contributed by atoms with E-state index in [4.69, 9.17) is 0 Å². The van der Waals surface area contributed by atoms with Crippen LogP contribution in [0.15, 0.2) is 70.5 Å². The van der Waals surface area contributed by atoms with Crippen LogP contribution in [-0.2, 0) is 13.1 Å². The van der Waals surface area contributed by atoms with Gasteiger partial charge in [-0.25, -0.2) is 0 Å². The van der Waals surface area contributed by atoms with Crippen LogP contribution in [0, 0.1) is 6.92 Å². The largest absolute Gasteiger partial charge is 0.336 e. The lowest BCUT2D eigenvalue weighted by atomic mass is 10.1. The van der Waals surface area contributed by atoms with Crippen molar-refractivity contribution in [1.29, 1.82) is 0 Å². The van der Waals surface area contributed by atoms with Crippen LogP contribution >= 0.6 is 27.3 Å². The number of halogens is 1. The first kappa shape index (κ1) is 19.0.